The molecule has 0 aliphatic heterocycles. The Kier molecular flexibility index (Phi) is 6.79. The molecule has 25 heavy (non-hydrogen) atoms. The molecule has 0 radical (unpaired) electrons. The van der Waals surface area contributed by atoms with Crippen molar-refractivity contribution in [3.05, 3.63) is 59.7 Å². The number of anilines is 1. The average Bonchev–Trinajstić information content (AvgIpc) is 2.62. The van der Waals surface area contributed by atoms with Crippen molar-refractivity contribution in [2.24, 2.45) is 0 Å². The summed E-state index contributed by atoms with van der Waals surface area (Å²) in [4.78, 5) is 23.1. The number of aliphatic hydroxyl groups excluding tert-OH is 1. The number of carbonyl (C=O) groups excluding carboxylic acids is 2. The van der Waals surface area contributed by atoms with Crippen LogP contribution in [0.1, 0.15) is 18.1 Å². The highest BCUT2D eigenvalue weighted by Gasteiger charge is 2.06. The molecule has 0 aromatic heterocycles. The number of amides is 2. The molecular weight excluding hydrogens is 324 g/mol. The fraction of sp³-hybridized carbons (Fsp3) is 0.222. The van der Waals surface area contributed by atoms with Crippen molar-refractivity contribution in [2.45, 2.75) is 20.1 Å². The molecule has 0 atom stereocenters. The van der Waals surface area contributed by atoms with E-state index >= 15 is 0 Å². The Morgan fingerprint density at radius 3 is 2.24 bits per heavy atom. The molecule has 0 heterocycles. The summed E-state index contributed by atoms with van der Waals surface area (Å²) in [5.41, 5.74) is 2.30. The van der Waals surface area contributed by atoms with E-state index in [1.807, 2.05) is 12.1 Å². The van der Waals surface area contributed by atoms with E-state index in [0.29, 0.717) is 18.0 Å². The second-order valence-electron chi connectivity index (χ2n) is 5.09. The molecule has 2 aromatic rings. The van der Waals surface area contributed by atoms with Crippen molar-refractivity contribution in [3.63, 3.8) is 0 Å². The van der Waals surface area contributed by atoms with Crippen molar-refractivity contribution >= 4 is 17.9 Å². The van der Waals surface area contributed by atoms with Gasteiger partial charge in [-0.2, -0.15) is 0 Å². The largest absolute Gasteiger partial charge is 0.513 e. The van der Waals surface area contributed by atoms with Gasteiger partial charge in [0.25, 0.3) is 0 Å². The molecule has 0 saturated heterocycles. The number of urea groups is 1. The number of ether oxygens (including phenoxy) is 2. The molecule has 7 nitrogen and oxygen atoms in total. The van der Waals surface area contributed by atoms with Gasteiger partial charge in [0.2, 0.25) is 0 Å². The lowest BCUT2D eigenvalue weighted by molar-refractivity contribution is 0.104. The maximum absolute atomic E-state index is 11.9. The summed E-state index contributed by atoms with van der Waals surface area (Å²) >= 11 is 0. The van der Waals surface area contributed by atoms with E-state index in [1.54, 1.807) is 43.3 Å². The highest BCUT2D eigenvalue weighted by atomic mass is 16.7. The summed E-state index contributed by atoms with van der Waals surface area (Å²) in [7, 11) is 0. The van der Waals surface area contributed by atoms with Gasteiger partial charge in [0.15, 0.2) is 0 Å². The maximum atomic E-state index is 11.9. The summed E-state index contributed by atoms with van der Waals surface area (Å²) < 4.78 is 9.61. The smallest absolute Gasteiger partial charge is 0.434 e. The Balaban J connectivity index is 1.80. The Morgan fingerprint density at radius 1 is 1.00 bits per heavy atom. The highest BCUT2D eigenvalue weighted by molar-refractivity contribution is 5.89. The molecular formula is C18H20N2O5. The molecule has 7 heteroatoms. The molecule has 0 spiro atoms. The van der Waals surface area contributed by atoms with Crippen LogP contribution in [-0.4, -0.2) is 23.9 Å². The molecule has 0 bridgehead atoms. The molecule has 2 rings (SSSR count). The lowest BCUT2D eigenvalue weighted by Gasteiger charge is -2.09. The third kappa shape index (κ3) is 6.15. The third-order valence-electron chi connectivity index (χ3n) is 3.23. The zero-order chi connectivity index (χ0) is 18.1. The van der Waals surface area contributed by atoms with Gasteiger partial charge in [-0.3, -0.25) is 0 Å². The quantitative estimate of drug-likeness (QED) is 0.553. The fourth-order valence-electron chi connectivity index (χ4n) is 1.97. The lowest BCUT2D eigenvalue weighted by atomic mass is 10.1. The van der Waals surface area contributed by atoms with Gasteiger partial charge >= 0.3 is 12.2 Å². The molecule has 0 fully saturated rings. The zero-order valence-electron chi connectivity index (χ0n) is 13.8. The van der Waals surface area contributed by atoms with Gasteiger partial charge in [-0.25, -0.2) is 9.59 Å². The number of benzene rings is 2. The number of rotatable bonds is 6. The second kappa shape index (κ2) is 9.29. The first kappa shape index (κ1) is 18.3. The van der Waals surface area contributed by atoms with Gasteiger partial charge in [0, 0.05) is 12.2 Å². The first-order valence-electron chi connectivity index (χ1n) is 7.79. The highest BCUT2D eigenvalue weighted by Crippen LogP contribution is 2.16. The van der Waals surface area contributed by atoms with Crippen LogP contribution in [0.5, 0.6) is 5.75 Å². The molecule has 0 unspecified atom stereocenters. The lowest BCUT2D eigenvalue weighted by Crippen LogP contribution is -2.28. The van der Waals surface area contributed by atoms with E-state index in [0.717, 1.165) is 11.1 Å². The van der Waals surface area contributed by atoms with Gasteiger partial charge in [-0.15, -0.1) is 0 Å². The molecule has 0 saturated carbocycles. The van der Waals surface area contributed by atoms with Crippen LogP contribution in [0.2, 0.25) is 0 Å². The Bertz CT molecular complexity index is 698. The molecule has 0 aliphatic carbocycles. The first-order chi connectivity index (χ1) is 12.1. The number of hydrogen-bond donors (Lipinski definition) is 3. The minimum absolute atomic E-state index is 0.00985. The predicted octanol–water partition coefficient (Wildman–Crippen LogP) is 3.04. The molecule has 132 valence electrons. The van der Waals surface area contributed by atoms with Gasteiger partial charge < -0.3 is 25.2 Å². The summed E-state index contributed by atoms with van der Waals surface area (Å²) in [6.45, 7) is 2.28. The molecule has 3 N–H and O–H groups in total. The van der Waals surface area contributed by atoms with Gasteiger partial charge in [-0.05, 0) is 42.3 Å². The number of aliphatic hydroxyl groups is 1. The number of nitrogens with one attached hydrogen (secondary N) is 2. The van der Waals surface area contributed by atoms with E-state index in [9.17, 15) is 9.59 Å². The van der Waals surface area contributed by atoms with E-state index in [1.165, 1.54) is 0 Å². The van der Waals surface area contributed by atoms with Gasteiger partial charge in [0.05, 0.1) is 13.2 Å². The normalized spacial score (nSPS) is 10.0. The molecule has 2 aromatic carbocycles. The fourth-order valence-corrected chi connectivity index (χ4v) is 1.97. The Morgan fingerprint density at radius 2 is 1.64 bits per heavy atom. The zero-order valence-corrected chi connectivity index (χ0v) is 13.8. The van der Waals surface area contributed by atoms with Crippen molar-refractivity contribution in [2.75, 3.05) is 11.9 Å². The standard InChI is InChI=1S/C18H20N2O5/c1-2-24-18(23)25-16-9-7-15(8-10-16)20-17(22)19-11-13-3-5-14(12-21)6-4-13/h3-10,21H,2,11-12H2,1H3,(H2,19,20,22). The maximum Gasteiger partial charge on any atom is 0.513 e. The van der Waals surface area contributed by atoms with Crippen LogP contribution in [-0.2, 0) is 17.9 Å². The molecule has 2 amide bonds. The monoisotopic (exact) mass is 344 g/mol. The van der Waals surface area contributed by atoms with E-state index < -0.39 is 6.16 Å². The van der Waals surface area contributed by atoms with Crippen molar-refractivity contribution in [1.82, 2.24) is 5.32 Å². The van der Waals surface area contributed by atoms with Crippen LogP contribution in [0.3, 0.4) is 0 Å². The summed E-state index contributed by atoms with van der Waals surface area (Å²) in [5.74, 6) is 0.327. The first-order valence-corrected chi connectivity index (χ1v) is 7.79. The number of carbonyl (C=O) groups is 2. The van der Waals surface area contributed by atoms with Crippen LogP contribution in [0.25, 0.3) is 0 Å². The third-order valence-corrected chi connectivity index (χ3v) is 3.23. The van der Waals surface area contributed by atoms with Gasteiger partial charge in [-0.1, -0.05) is 24.3 Å². The van der Waals surface area contributed by atoms with Crippen LogP contribution < -0.4 is 15.4 Å². The van der Waals surface area contributed by atoms with Gasteiger partial charge in [0.1, 0.15) is 5.75 Å². The average molecular weight is 344 g/mol. The van der Waals surface area contributed by atoms with E-state index in [4.69, 9.17) is 9.84 Å². The van der Waals surface area contributed by atoms with Crippen LogP contribution in [0.4, 0.5) is 15.3 Å². The summed E-state index contributed by atoms with van der Waals surface area (Å²) in [5, 5.41) is 14.4. The minimum Gasteiger partial charge on any atom is -0.434 e. The summed E-state index contributed by atoms with van der Waals surface area (Å²) in [6.07, 6.45) is -0.770. The van der Waals surface area contributed by atoms with E-state index in [-0.39, 0.29) is 19.2 Å². The molecule has 0 aliphatic rings. The predicted molar refractivity (Wildman–Crippen MR) is 92.3 cm³/mol. The Hall–Kier alpha value is -3.06. The van der Waals surface area contributed by atoms with Crippen LogP contribution in [0.15, 0.2) is 48.5 Å². The topological polar surface area (TPSA) is 96.9 Å². The van der Waals surface area contributed by atoms with Crippen molar-refractivity contribution < 1.29 is 24.2 Å². The Labute approximate surface area is 145 Å². The van der Waals surface area contributed by atoms with Crippen LogP contribution in [0, 0.1) is 0 Å². The van der Waals surface area contributed by atoms with E-state index in [2.05, 4.69) is 15.4 Å². The number of hydrogen-bond acceptors (Lipinski definition) is 5. The summed E-state index contributed by atoms with van der Waals surface area (Å²) in [6, 6.07) is 13.3. The second-order valence-corrected chi connectivity index (χ2v) is 5.09. The SMILES string of the molecule is CCOC(=O)Oc1ccc(NC(=O)NCc2ccc(CO)cc2)cc1. The van der Waals surface area contributed by atoms with Crippen molar-refractivity contribution in [3.8, 4) is 5.75 Å². The van der Waals surface area contributed by atoms with Crippen LogP contribution >= 0.6 is 0 Å². The minimum atomic E-state index is -0.770. The van der Waals surface area contributed by atoms with Crippen molar-refractivity contribution in [1.29, 1.82) is 0 Å².